The summed E-state index contributed by atoms with van der Waals surface area (Å²) >= 11 is 3.39. The highest BCUT2D eigenvalue weighted by Crippen LogP contribution is 2.27. The minimum absolute atomic E-state index is 0.0674. The van der Waals surface area contributed by atoms with E-state index in [0.717, 1.165) is 5.56 Å². The first-order valence-electron chi connectivity index (χ1n) is 14.2. The van der Waals surface area contributed by atoms with Crippen molar-refractivity contribution in [2.75, 3.05) is 19.0 Å². The number of carbonyl (C=O) groups excluding carboxylic acids is 2. The molecule has 0 aliphatic rings. The van der Waals surface area contributed by atoms with Gasteiger partial charge in [0.25, 0.3) is 5.56 Å². The average Bonchev–Trinajstić information content (AvgIpc) is 3.00. The van der Waals surface area contributed by atoms with Crippen LogP contribution in [0.3, 0.4) is 0 Å². The first-order chi connectivity index (χ1) is 21.5. The van der Waals surface area contributed by atoms with E-state index >= 15 is 0 Å². The molecule has 4 rings (SSSR count). The highest BCUT2D eigenvalue weighted by atomic mass is 79.9. The largest absolute Gasteiger partial charge is 0.465 e. The molecule has 1 amide bonds. The normalized spacial score (nSPS) is 12.0. The van der Waals surface area contributed by atoms with Crippen LogP contribution in [0.1, 0.15) is 42.3 Å². The molecule has 234 valence electrons. The van der Waals surface area contributed by atoms with Gasteiger partial charge in [-0.05, 0) is 66.9 Å². The SMILES string of the molecule is COC(=O)c1c(Br)cccc1/C=N/c1c(-c2ccncc2)nc(NCC(Cc2ccccc2)NC(=O)OC(C)(C)C)n(C)c1=O. The molecule has 12 heteroatoms. The lowest BCUT2D eigenvalue weighted by Crippen LogP contribution is -2.44. The van der Waals surface area contributed by atoms with Crippen molar-refractivity contribution in [3.05, 3.63) is 105 Å². The van der Waals surface area contributed by atoms with Crippen LogP contribution in [-0.4, -0.2) is 58.1 Å². The van der Waals surface area contributed by atoms with Crippen LogP contribution in [0.4, 0.5) is 16.4 Å². The second kappa shape index (κ2) is 14.8. The number of halogens is 1. The Morgan fingerprint density at radius 2 is 1.78 bits per heavy atom. The minimum atomic E-state index is -0.663. The Morgan fingerprint density at radius 1 is 1.07 bits per heavy atom. The molecule has 11 nitrogen and oxygen atoms in total. The van der Waals surface area contributed by atoms with Crippen molar-refractivity contribution in [1.82, 2.24) is 19.9 Å². The second-order valence-corrected chi connectivity index (χ2v) is 12.0. The van der Waals surface area contributed by atoms with Gasteiger partial charge in [-0.25, -0.2) is 19.6 Å². The van der Waals surface area contributed by atoms with E-state index in [4.69, 9.17) is 14.5 Å². The third-order valence-electron chi connectivity index (χ3n) is 6.54. The summed E-state index contributed by atoms with van der Waals surface area (Å²) in [4.78, 5) is 52.3. The Morgan fingerprint density at radius 3 is 2.44 bits per heavy atom. The van der Waals surface area contributed by atoms with Gasteiger partial charge in [-0.15, -0.1) is 0 Å². The molecular weight excluding hydrogens is 640 g/mol. The van der Waals surface area contributed by atoms with E-state index in [2.05, 4.69) is 36.5 Å². The van der Waals surface area contributed by atoms with E-state index in [1.807, 2.05) is 30.3 Å². The molecule has 0 spiro atoms. The molecule has 0 bridgehead atoms. The number of pyridine rings is 1. The number of rotatable bonds is 10. The Hall–Kier alpha value is -4.84. The highest BCUT2D eigenvalue weighted by Gasteiger charge is 2.22. The number of anilines is 1. The second-order valence-electron chi connectivity index (χ2n) is 11.1. The van der Waals surface area contributed by atoms with Crippen LogP contribution in [0.25, 0.3) is 11.3 Å². The van der Waals surface area contributed by atoms with Gasteiger partial charge in [-0.1, -0.05) is 42.5 Å². The van der Waals surface area contributed by atoms with Gasteiger partial charge >= 0.3 is 12.1 Å². The topological polar surface area (TPSA) is 137 Å². The van der Waals surface area contributed by atoms with Crippen LogP contribution in [0.2, 0.25) is 0 Å². The zero-order chi connectivity index (χ0) is 32.6. The first kappa shape index (κ1) is 33.1. The summed E-state index contributed by atoms with van der Waals surface area (Å²) in [5.74, 6) is -0.276. The van der Waals surface area contributed by atoms with Crippen molar-refractivity contribution in [2.24, 2.45) is 12.0 Å². The number of methoxy groups -OCH3 is 1. The lowest BCUT2D eigenvalue weighted by atomic mass is 10.1. The summed E-state index contributed by atoms with van der Waals surface area (Å²) in [6.07, 6.45) is 4.59. The molecular formula is C33H35BrN6O5. The van der Waals surface area contributed by atoms with Crippen LogP contribution in [0.5, 0.6) is 0 Å². The number of nitrogens with zero attached hydrogens (tertiary/aromatic N) is 4. The quantitative estimate of drug-likeness (QED) is 0.162. The monoisotopic (exact) mass is 674 g/mol. The summed E-state index contributed by atoms with van der Waals surface area (Å²) in [5, 5.41) is 6.17. The number of aromatic nitrogens is 3. The lowest BCUT2D eigenvalue weighted by Gasteiger charge is -2.24. The van der Waals surface area contributed by atoms with Crippen LogP contribution in [0.15, 0.2) is 87.3 Å². The number of nitrogens with one attached hydrogen (secondary N) is 2. The fourth-order valence-corrected chi connectivity index (χ4v) is 4.98. The van der Waals surface area contributed by atoms with E-state index in [9.17, 15) is 14.4 Å². The molecule has 45 heavy (non-hydrogen) atoms. The van der Waals surface area contributed by atoms with E-state index in [1.165, 1.54) is 17.9 Å². The molecule has 0 saturated carbocycles. The third kappa shape index (κ3) is 8.85. The smallest absolute Gasteiger partial charge is 0.407 e. The summed E-state index contributed by atoms with van der Waals surface area (Å²) in [6.45, 7) is 5.64. The maximum atomic E-state index is 13.8. The van der Waals surface area contributed by atoms with Crippen LogP contribution in [-0.2, 0) is 22.9 Å². The molecule has 2 heterocycles. The average molecular weight is 676 g/mol. The molecule has 0 saturated heterocycles. The predicted octanol–water partition coefficient (Wildman–Crippen LogP) is 5.69. The van der Waals surface area contributed by atoms with Gasteiger partial charge in [0.05, 0.1) is 18.7 Å². The summed E-state index contributed by atoms with van der Waals surface area (Å²) in [6, 6.07) is 18.0. The number of ether oxygens (including phenoxy) is 2. The van der Waals surface area contributed by atoms with Crippen molar-refractivity contribution in [3.8, 4) is 11.3 Å². The fraction of sp³-hybridized carbons (Fsp3) is 0.273. The maximum Gasteiger partial charge on any atom is 0.407 e. The summed E-state index contributed by atoms with van der Waals surface area (Å²) in [7, 11) is 2.88. The van der Waals surface area contributed by atoms with Gasteiger partial charge in [0.2, 0.25) is 5.95 Å². The van der Waals surface area contributed by atoms with E-state index in [1.54, 1.807) is 70.5 Å². The Balaban J connectivity index is 1.70. The molecule has 0 radical (unpaired) electrons. The molecule has 2 aromatic heterocycles. The first-order valence-corrected chi connectivity index (χ1v) is 15.0. The van der Waals surface area contributed by atoms with Gasteiger partial charge < -0.3 is 20.1 Å². The molecule has 2 aromatic carbocycles. The Kier molecular flexibility index (Phi) is 10.8. The van der Waals surface area contributed by atoms with Crippen molar-refractivity contribution in [2.45, 2.75) is 38.8 Å². The molecule has 1 unspecified atom stereocenters. The zero-order valence-corrected chi connectivity index (χ0v) is 27.3. The molecule has 1 atom stereocenters. The third-order valence-corrected chi connectivity index (χ3v) is 7.20. The van der Waals surface area contributed by atoms with Gasteiger partial charge in [-0.2, -0.15) is 0 Å². The lowest BCUT2D eigenvalue weighted by molar-refractivity contribution is 0.0506. The van der Waals surface area contributed by atoms with E-state index in [0.29, 0.717) is 27.7 Å². The summed E-state index contributed by atoms with van der Waals surface area (Å²) in [5.41, 5.74) is 1.66. The Bertz CT molecular complexity index is 1740. The number of aliphatic imine (C=N–C) groups is 1. The molecule has 2 N–H and O–H groups in total. The number of amides is 1. The van der Waals surface area contributed by atoms with Crippen molar-refractivity contribution >= 4 is 45.8 Å². The number of esters is 1. The maximum absolute atomic E-state index is 13.8. The number of carbonyl (C=O) groups is 2. The highest BCUT2D eigenvalue weighted by molar-refractivity contribution is 9.10. The molecule has 4 aromatic rings. The van der Waals surface area contributed by atoms with Gasteiger partial charge in [0.15, 0.2) is 5.69 Å². The van der Waals surface area contributed by atoms with Crippen molar-refractivity contribution < 1.29 is 19.1 Å². The fourth-order valence-electron chi connectivity index (χ4n) is 4.44. The number of alkyl carbamates (subject to hydrolysis) is 1. The standard InChI is InChI=1S/C33H35BrN6O5/c1-33(2,3)45-32(43)38-24(18-21-10-7-6-8-11-21)20-37-31-39-27(22-14-16-35-17-15-22)28(29(41)40(31)4)36-19-23-12-9-13-25(34)26(23)30(42)44-5/h6-17,19,24H,18,20H2,1-5H3,(H,37,39)(H,38,43)/b36-19+. The number of hydrogen-bond donors (Lipinski definition) is 2. The zero-order valence-electron chi connectivity index (χ0n) is 25.7. The van der Waals surface area contributed by atoms with Crippen molar-refractivity contribution in [3.63, 3.8) is 0 Å². The van der Waals surface area contributed by atoms with Gasteiger partial charge in [0, 0.05) is 47.8 Å². The van der Waals surface area contributed by atoms with Crippen LogP contribution < -0.4 is 16.2 Å². The minimum Gasteiger partial charge on any atom is -0.465 e. The van der Waals surface area contributed by atoms with Crippen molar-refractivity contribution in [1.29, 1.82) is 0 Å². The van der Waals surface area contributed by atoms with Crippen LogP contribution in [0, 0.1) is 0 Å². The van der Waals surface area contributed by atoms with Crippen LogP contribution >= 0.6 is 15.9 Å². The van der Waals surface area contributed by atoms with Gasteiger partial charge in [-0.3, -0.25) is 14.3 Å². The van der Waals surface area contributed by atoms with E-state index in [-0.39, 0.29) is 23.7 Å². The number of benzene rings is 2. The summed E-state index contributed by atoms with van der Waals surface area (Å²) < 4.78 is 12.3. The van der Waals surface area contributed by atoms with Gasteiger partial charge in [0.1, 0.15) is 11.3 Å². The van der Waals surface area contributed by atoms with E-state index < -0.39 is 29.3 Å². The molecule has 0 aliphatic carbocycles. The Labute approximate surface area is 269 Å². The molecule has 0 aliphatic heterocycles. The molecule has 0 fully saturated rings. The predicted molar refractivity (Wildman–Crippen MR) is 177 cm³/mol. The number of hydrogen-bond acceptors (Lipinski definition) is 9.